The summed E-state index contributed by atoms with van der Waals surface area (Å²) in [7, 11) is 0. The van der Waals surface area contributed by atoms with Gasteiger partial charge in [-0.25, -0.2) is 0 Å². The zero-order valence-corrected chi connectivity index (χ0v) is 11.1. The van der Waals surface area contributed by atoms with E-state index in [2.05, 4.69) is 34.2 Å². The van der Waals surface area contributed by atoms with Crippen LogP contribution in [-0.2, 0) is 0 Å². The Morgan fingerprint density at radius 2 is 1.89 bits per heavy atom. The van der Waals surface area contributed by atoms with E-state index in [1.807, 2.05) is 19.1 Å². The van der Waals surface area contributed by atoms with Crippen LogP contribution in [0.5, 0.6) is 0 Å². The van der Waals surface area contributed by atoms with E-state index in [-0.39, 0.29) is 0 Å². The second kappa shape index (κ2) is 5.78. The molecule has 2 N–H and O–H groups in total. The van der Waals surface area contributed by atoms with Crippen molar-refractivity contribution in [3.8, 4) is 0 Å². The van der Waals surface area contributed by atoms with Crippen molar-refractivity contribution in [2.45, 2.75) is 20.3 Å². The van der Waals surface area contributed by atoms with Gasteiger partial charge in [0.15, 0.2) is 5.82 Å². The Morgan fingerprint density at radius 3 is 2.56 bits per heavy atom. The molecule has 0 saturated heterocycles. The maximum absolute atomic E-state index is 5.58. The molecule has 0 fully saturated rings. The van der Waals surface area contributed by atoms with Crippen molar-refractivity contribution in [3.05, 3.63) is 30.0 Å². The van der Waals surface area contributed by atoms with Crippen molar-refractivity contribution < 1.29 is 0 Å². The summed E-state index contributed by atoms with van der Waals surface area (Å²) in [6.45, 7) is 6.67. The molecule has 0 amide bonds. The van der Waals surface area contributed by atoms with E-state index in [0.29, 0.717) is 6.54 Å². The maximum Gasteiger partial charge on any atom is 0.159 e. The molecule has 0 atom stereocenters. The van der Waals surface area contributed by atoms with Crippen LogP contribution < -0.4 is 10.6 Å². The lowest BCUT2D eigenvalue weighted by molar-refractivity contribution is 0.739. The van der Waals surface area contributed by atoms with Crippen LogP contribution >= 0.6 is 0 Å². The molecule has 0 saturated carbocycles. The molecular formula is C14H20N4. The number of nitrogens with two attached hydrogens (primary N) is 1. The van der Waals surface area contributed by atoms with Gasteiger partial charge in [-0.1, -0.05) is 24.3 Å². The van der Waals surface area contributed by atoms with Crippen molar-refractivity contribution in [1.82, 2.24) is 10.2 Å². The number of hydrogen-bond acceptors (Lipinski definition) is 4. The normalized spacial score (nSPS) is 10.8. The van der Waals surface area contributed by atoms with Gasteiger partial charge in [-0.3, -0.25) is 0 Å². The molecule has 0 bridgehead atoms. The summed E-state index contributed by atoms with van der Waals surface area (Å²) in [4.78, 5) is 2.24. The van der Waals surface area contributed by atoms with Gasteiger partial charge < -0.3 is 10.6 Å². The van der Waals surface area contributed by atoms with Crippen LogP contribution in [0.1, 0.15) is 19.0 Å². The van der Waals surface area contributed by atoms with Crippen LogP contribution in [0.3, 0.4) is 0 Å². The van der Waals surface area contributed by atoms with Gasteiger partial charge in [0.2, 0.25) is 0 Å². The van der Waals surface area contributed by atoms with Crippen LogP contribution in [-0.4, -0.2) is 29.8 Å². The van der Waals surface area contributed by atoms with Crippen LogP contribution in [0.2, 0.25) is 0 Å². The van der Waals surface area contributed by atoms with Gasteiger partial charge >= 0.3 is 0 Å². The molecule has 96 valence electrons. The lowest BCUT2D eigenvalue weighted by Gasteiger charge is -2.22. The van der Waals surface area contributed by atoms with E-state index in [9.17, 15) is 0 Å². The molecule has 0 spiro atoms. The second-order valence-corrected chi connectivity index (χ2v) is 4.38. The highest BCUT2D eigenvalue weighted by atomic mass is 15.3. The summed E-state index contributed by atoms with van der Waals surface area (Å²) in [5.74, 6) is 0.965. The molecule has 0 aliphatic heterocycles. The first-order valence-electron chi connectivity index (χ1n) is 6.45. The third-order valence-corrected chi connectivity index (χ3v) is 3.17. The largest absolute Gasteiger partial charge is 0.355 e. The first kappa shape index (κ1) is 12.8. The lowest BCUT2D eigenvalue weighted by Crippen LogP contribution is -2.27. The van der Waals surface area contributed by atoms with Crippen LogP contribution in [0.4, 0.5) is 5.82 Å². The summed E-state index contributed by atoms with van der Waals surface area (Å²) in [6, 6.07) is 8.29. The Bertz CT molecular complexity index is 524. The maximum atomic E-state index is 5.58. The number of nitrogens with zero attached hydrogens (tertiary/aromatic N) is 3. The number of anilines is 1. The van der Waals surface area contributed by atoms with Gasteiger partial charge in [0.05, 0.1) is 5.69 Å². The molecule has 0 aliphatic rings. The van der Waals surface area contributed by atoms with Crippen LogP contribution in [0, 0.1) is 6.92 Å². The summed E-state index contributed by atoms with van der Waals surface area (Å²) in [5.41, 5.74) is 6.56. The van der Waals surface area contributed by atoms with Gasteiger partial charge in [0.1, 0.15) is 0 Å². The third kappa shape index (κ3) is 2.43. The third-order valence-electron chi connectivity index (χ3n) is 3.17. The Kier molecular flexibility index (Phi) is 4.10. The predicted octanol–water partition coefficient (Wildman–Crippen LogP) is 2.11. The Balaban J connectivity index is 2.46. The Morgan fingerprint density at radius 1 is 1.17 bits per heavy atom. The van der Waals surface area contributed by atoms with Crippen molar-refractivity contribution in [2.75, 3.05) is 24.5 Å². The standard InChI is InChI=1S/C14H20N4/c1-3-18(10-6-9-15)14-13-8-5-4-7-12(13)11(2)16-17-14/h4-5,7-8H,3,6,9-10,15H2,1-2H3. The zero-order valence-electron chi connectivity index (χ0n) is 11.1. The minimum atomic E-state index is 0.702. The summed E-state index contributed by atoms with van der Waals surface area (Å²) in [5, 5.41) is 11.0. The fraction of sp³-hybridized carbons (Fsp3) is 0.429. The number of benzene rings is 1. The molecule has 18 heavy (non-hydrogen) atoms. The number of rotatable bonds is 5. The Labute approximate surface area is 108 Å². The quantitative estimate of drug-likeness (QED) is 0.875. The number of aryl methyl sites for hydroxylation is 1. The minimum Gasteiger partial charge on any atom is -0.355 e. The average molecular weight is 244 g/mol. The lowest BCUT2D eigenvalue weighted by atomic mass is 10.1. The van der Waals surface area contributed by atoms with Gasteiger partial charge in [-0.2, -0.15) is 5.10 Å². The number of aromatic nitrogens is 2. The fourth-order valence-corrected chi connectivity index (χ4v) is 2.15. The van der Waals surface area contributed by atoms with Gasteiger partial charge in [0.25, 0.3) is 0 Å². The molecule has 0 radical (unpaired) electrons. The highest BCUT2D eigenvalue weighted by molar-refractivity contribution is 5.93. The van der Waals surface area contributed by atoms with Crippen LogP contribution in [0.25, 0.3) is 10.8 Å². The number of hydrogen-bond donors (Lipinski definition) is 1. The highest BCUT2D eigenvalue weighted by Crippen LogP contribution is 2.25. The molecule has 1 aromatic heterocycles. The first-order chi connectivity index (χ1) is 8.77. The SMILES string of the molecule is CCN(CCCN)c1nnc(C)c2ccccc12. The summed E-state index contributed by atoms with van der Waals surface area (Å²) < 4.78 is 0. The molecular weight excluding hydrogens is 224 g/mol. The molecule has 4 nitrogen and oxygen atoms in total. The first-order valence-corrected chi connectivity index (χ1v) is 6.45. The topological polar surface area (TPSA) is 55.0 Å². The van der Waals surface area contributed by atoms with E-state index in [1.54, 1.807) is 0 Å². The minimum absolute atomic E-state index is 0.702. The molecule has 1 heterocycles. The van der Waals surface area contributed by atoms with Crippen molar-refractivity contribution in [3.63, 3.8) is 0 Å². The average Bonchev–Trinajstić information content (AvgIpc) is 2.42. The Hall–Kier alpha value is -1.68. The molecule has 2 aromatic rings. The molecule has 4 heteroatoms. The van der Waals surface area contributed by atoms with Crippen molar-refractivity contribution in [1.29, 1.82) is 0 Å². The zero-order chi connectivity index (χ0) is 13.0. The van der Waals surface area contributed by atoms with Gasteiger partial charge in [-0.15, -0.1) is 5.10 Å². The van der Waals surface area contributed by atoms with Crippen molar-refractivity contribution in [2.24, 2.45) is 5.73 Å². The summed E-state index contributed by atoms with van der Waals surface area (Å²) >= 11 is 0. The molecule has 0 unspecified atom stereocenters. The smallest absolute Gasteiger partial charge is 0.159 e. The van der Waals surface area contributed by atoms with E-state index in [4.69, 9.17) is 5.73 Å². The number of fused-ring (bicyclic) bond motifs is 1. The molecule has 0 aliphatic carbocycles. The van der Waals surface area contributed by atoms with E-state index in [0.717, 1.165) is 31.0 Å². The van der Waals surface area contributed by atoms with Crippen LogP contribution in [0.15, 0.2) is 24.3 Å². The summed E-state index contributed by atoms with van der Waals surface area (Å²) in [6.07, 6.45) is 0.970. The molecule has 2 rings (SSSR count). The van der Waals surface area contributed by atoms with Crippen molar-refractivity contribution >= 4 is 16.6 Å². The predicted molar refractivity (Wildman–Crippen MR) is 75.8 cm³/mol. The van der Waals surface area contributed by atoms with E-state index >= 15 is 0 Å². The van der Waals surface area contributed by atoms with E-state index in [1.165, 1.54) is 10.8 Å². The van der Waals surface area contributed by atoms with Gasteiger partial charge in [0, 0.05) is 23.9 Å². The molecule has 1 aromatic carbocycles. The highest BCUT2D eigenvalue weighted by Gasteiger charge is 2.11. The second-order valence-electron chi connectivity index (χ2n) is 4.38. The monoisotopic (exact) mass is 244 g/mol. The fourth-order valence-electron chi connectivity index (χ4n) is 2.15. The van der Waals surface area contributed by atoms with Gasteiger partial charge in [-0.05, 0) is 26.8 Å². The van der Waals surface area contributed by atoms with E-state index < -0.39 is 0 Å².